The fourth-order valence-electron chi connectivity index (χ4n) is 1.96. The van der Waals surface area contributed by atoms with Crippen LogP contribution >= 0.6 is 0 Å². The predicted molar refractivity (Wildman–Crippen MR) is 70.1 cm³/mol. The summed E-state index contributed by atoms with van der Waals surface area (Å²) in [5, 5.41) is 0. The fraction of sp³-hybridized carbons (Fsp3) is 0.286. The molecule has 3 nitrogen and oxygen atoms in total. The average molecular weight is 284 g/mol. The molecule has 2 rings (SSSR count). The highest BCUT2D eigenvalue weighted by atomic mass is 19.4. The largest absolute Gasteiger partial charge is 0.573 e. The van der Waals surface area contributed by atoms with Crippen molar-refractivity contribution in [1.29, 1.82) is 0 Å². The smallest absolute Gasteiger partial charge is 0.405 e. The lowest BCUT2D eigenvalue weighted by molar-refractivity contribution is -0.274. The zero-order valence-corrected chi connectivity index (χ0v) is 11.2. The quantitative estimate of drug-likeness (QED) is 0.925. The van der Waals surface area contributed by atoms with Crippen molar-refractivity contribution in [2.75, 3.05) is 5.43 Å². The van der Waals surface area contributed by atoms with Crippen LogP contribution in [0.15, 0.2) is 36.4 Å². The lowest BCUT2D eigenvalue weighted by atomic mass is 10.2. The van der Waals surface area contributed by atoms with Crippen LogP contribution in [-0.2, 0) is 6.54 Å². The van der Waals surface area contributed by atoms with E-state index in [4.69, 9.17) is 0 Å². The van der Waals surface area contributed by atoms with Gasteiger partial charge in [-0.05, 0) is 32.0 Å². The van der Waals surface area contributed by atoms with Crippen molar-refractivity contribution in [3.63, 3.8) is 0 Å². The summed E-state index contributed by atoms with van der Waals surface area (Å²) in [5.41, 5.74) is 5.48. The molecule has 0 aliphatic heterocycles. The summed E-state index contributed by atoms with van der Waals surface area (Å²) in [6, 6.07) is 9.95. The number of alkyl halides is 3. The molecular weight excluding hydrogens is 269 g/mol. The van der Waals surface area contributed by atoms with E-state index in [2.05, 4.69) is 10.2 Å². The maximum Gasteiger partial charge on any atom is 0.573 e. The molecule has 0 spiro atoms. The maximum absolute atomic E-state index is 12.3. The Labute approximate surface area is 114 Å². The first kappa shape index (κ1) is 14.3. The van der Waals surface area contributed by atoms with Gasteiger partial charge in [0.05, 0.1) is 6.54 Å². The summed E-state index contributed by atoms with van der Waals surface area (Å²) in [5.74, 6) is -0.185. The first-order valence-electron chi connectivity index (χ1n) is 6.09. The van der Waals surface area contributed by atoms with Gasteiger partial charge in [-0.2, -0.15) is 0 Å². The molecule has 1 N–H and O–H groups in total. The number of rotatable bonds is 4. The first-order valence-corrected chi connectivity index (χ1v) is 6.09. The summed E-state index contributed by atoms with van der Waals surface area (Å²) >= 11 is 0. The van der Waals surface area contributed by atoms with E-state index in [1.54, 1.807) is 12.1 Å². The standard InChI is InChI=1S/C14H15F3N2O/c1-10-7-8-11(2)19(10)18-9-12-5-3-4-6-13(12)20-14(15,16)17/h3-8,18H,9H2,1-2H3. The van der Waals surface area contributed by atoms with Crippen LogP contribution in [0.2, 0.25) is 0 Å². The Hall–Kier alpha value is -2.11. The van der Waals surface area contributed by atoms with Crippen LogP contribution in [0, 0.1) is 13.8 Å². The number of para-hydroxylation sites is 1. The number of hydrogen-bond acceptors (Lipinski definition) is 2. The number of aryl methyl sites for hydroxylation is 2. The van der Waals surface area contributed by atoms with Crippen molar-refractivity contribution in [2.24, 2.45) is 0 Å². The van der Waals surface area contributed by atoms with Crippen molar-refractivity contribution in [1.82, 2.24) is 4.68 Å². The third-order valence-corrected chi connectivity index (χ3v) is 2.90. The molecule has 0 bridgehead atoms. The Morgan fingerprint density at radius 2 is 1.65 bits per heavy atom. The Kier molecular flexibility index (Phi) is 3.92. The Morgan fingerprint density at radius 1 is 1.05 bits per heavy atom. The highest BCUT2D eigenvalue weighted by molar-refractivity contribution is 5.34. The summed E-state index contributed by atoms with van der Waals surface area (Å²) in [6.07, 6.45) is -4.69. The normalized spacial score (nSPS) is 11.4. The van der Waals surface area contributed by atoms with Crippen molar-refractivity contribution in [3.05, 3.63) is 53.3 Å². The summed E-state index contributed by atoms with van der Waals surface area (Å²) in [6.45, 7) is 4.07. The third kappa shape index (κ3) is 3.46. The average Bonchev–Trinajstić information content (AvgIpc) is 2.66. The minimum Gasteiger partial charge on any atom is -0.405 e. The number of nitrogens with zero attached hydrogens (tertiary/aromatic N) is 1. The number of aromatic nitrogens is 1. The van der Waals surface area contributed by atoms with E-state index < -0.39 is 6.36 Å². The SMILES string of the molecule is Cc1ccc(C)n1NCc1ccccc1OC(F)(F)F. The van der Waals surface area contributed by atoms with E-state index in [-0.39, 0.29) is 12.3 Å². The van der Waals surface area contributed by atoms with Gasteiger partial charge < -0.3 is 10.2 Å². The lowest BCUT2D eigenvalue weighted by Gasteiger charge is -2.16. The van der Waals surface area contributed by atoms with Crippen molar-refractivity contribution in [2.45, 2.75) is 26.8 Å². The molecule has 2 aromatic rings. The minimum absolute atomic E-state index is 0.185. The van der Waals surface area contributed by atoms with Gasteiger partial charge in [0.2, 0.25) is 0 Å². The molecule has 0 aliphatic rings. The molecule has 0 saturated heterocycles. The molecule has 108 valence electrons. The van der Waals surface area contributed by atoms with E-state index in [9.17, 15) is 13.2 Å². The summed E-state index contributed by atoms with van der Waals surface area (Å²) in [7, 11) is 0. The first-order chi connectivity index (χ1) is 9.37. The Morgan fingerprint density at radius 3 is 2.25 bits per heavy atom. The molecule has 0 saturated carbocycles. The van der Waals surface area contributed by atoms with Crippen LogP contribution in [0.25, 0.3) is 0 Å². The van der Waals surface area contributed by atoms with E-state index in [0.29, 0.717) is 5.56 Å². The van der Waals surface area contributed by atoms with Crippen LogP contribution in [-0.4, -0.2) is 11.0 Å². The van der Waals surface area contributed by atoms with Gasteiger partial charge in [0, 0.05) is 17.0 Å². The van der Waals surface area contributed by atoms with Crippen LogP contribution < -0.4 is 10.2 Å². The van der Waals surface area contributed by atoms with E-state index in [1.165, 1.54) is 12.1 Å². The van der Waals surface area contributed by atoms with Crippen molar-refractivity contribution in [3.8, 4) is 5.75 Å². The molecule has 1 heterocycles. The molecule has 0 radical (unpaired) electrons. The second kappa shape index (κ2) is 5.48. The monoisotopic (exact) mass is 284 g/mol. The maximum atomic E-state index is 12.3. The summed E-state index contributed by atoms with van der Waals surface area (Å²) < 4.78 is 42.8. The highest BCUT2D eigenvalue weighted by Gasteiger charge is 2.31. The molecule has 1 aromatic carbocycles. The van der Waals surface area contributed by atoms with Gasteiger partial charge in [0.25, 0.3) is 0 Å². The van der Waals surface area contributed by atoms with Gasteiger partial charge in [-0.25, -0.2) is 0 Å². The molecule has 0 aliphatic carbocycles. The van der Waals surface area contributed by atoms with Crippen LogP contribution in [0.4, 0.5) is 13.2 Å². The molecule has 1 aromatic heterocycles. The Balaban J connectivity index is 2.14. The molecular formula is C14H15F3N2O. The second-order valence-corrected chi connectivity index (χ2v) is 4.44. The number of halogens is 3. The van der Waals surface area contributed by atoms with E-state index in [1.807, 2.05) is 30.7 Å². The molecule has 6 heteroatoms. The van der Waals surface area contributed by atoms with Crippen LogP contribution in [0.1, 0.15) is 17.0 Å². The molecule has 0 atom stereocenters. The van der Waals surface area contributed by atoms with Gasteiger partial charge >= 0.3 is 6.36 Å². The fourth-order valence-corrected chi connectivity index (χ4v) is 1.96. The molecule has 20 heavy (non-hydrogen) atoms. The lowest BCUT2D eigenvalue weighted by Crippen LogP contribution is -2.20. The number of benzene rings is 1. The minimum atomic E-state index is -4.69. The highest BCUT2D eigenvalue weighted by Crippen LogP contribution is 2.26. The van der Waals surface area contributed by atoms with Crippen molar-refractivity contribution < 1.29 is 17.9 Å². The van der Waals surface area contributed by atoms with Gasteiger partial charge in [-0.3, -0.25) is 4.68 Å². The number of nitrogens with one attached hydrogen (secondary N) is 1. The van der Waals surface area contributed by atoms with E-state index in [0.717, 1.165) is 11.4 Å². The number of hydrogen-bond donors (Lipinski definition) is 1. The van der Waals surface area contributed by atoms with Crippen molar-refractivity contribution >= 4 is 0 Å². The topological polar surface area (TPSA) is 26.2 Å². The van der Waals surface area contributed by atoms with Crippen LogP contribution in [0.5, 0.6) is 5.75 Å². The van der Waals surface area contributed by atoms with E-state index >= 15 is 0 Å². The number of ether oxygens (including phenoxy) is 1. The zero-order chi connectivity index (χ0) is 14.8. The third-order valence-electron chi connectivity index (χ3n) is 2.90. The molecule has 0 unspecified atom stereocenters. The summed E-state index contributed by atoms with van der Waals surface area (Å²) in [4.78, 5) is 0. The Bertz CT molecular complexity index is 571. The predicted octanol–water partition coefficient (Wildman–Crippen LogP) is 3.75. The second-order valence-electron chi connectivity index (χ2n) is 4.44. The zero-order valence-electron chi connectivity index (χ0n) is 11.2. The molecule has 0 amide bonds. The van der Waals surface area contributed by atoms with Gasteiger partial charge in [-0.1, -0.05) is 18.2 Å². The van der Waals surface area contributed by atoms with Gasteiger partial charge in [-0.15, -0.1) is 13.2 Å². The van der Waals surface area contributed by atoms with Gasteiger partial charge in [0.15, 0.2) is 0 Å². The molecule has 0 fully saturated rings. The van der Waals surface area contributed by atoms with Gasteiger partial charge in [0.1, 0.15) is 5.75 Å². The van der Waals surface area contributed by atoms with Crippen LogP contribution in [0.3, 0.4) is 0 Å².